The van der Waals surface area contributed by atoms with E-state index in [0.717, 1.165) is 12.8 Å². The zero-order valence-corrected chi connectivity index (χ0v) is 30.6. The Morgan fingerprint density at radius 1 is 0.676 bits per heavy atom. The summed E-state index contributed by atoms with van der Waals surface area (Å²) in [7, 11) is -3.85. The van der Waals surface area contributed by atoms with Gasteiger partial charge in [-0.1, -0.05) is 45.7 Å². The average Bonchev–Trinajstić information content (AvgIpc) is 2.86. The van der Waals surface area contributed by atoms with Gasteiger partial charge in [-0.2, -0.15) is 0 Å². The lowest BCUT2D eigenvalue weighted by atomic mass is 10.3. The zero-order chi connectivity index (χ0) is 27.6. The fourth-order valence-corrected chi connectivity index (χ4v) is 8.54. The van der Waals surface area contributed by atoms with E-state index >= 15 is 0 Å². The third-order valence-corrected chi connectivity index (χ3v) is 10.4. The van der Waals surface area contributed by atoms with Crippen LogP contribution >= 0.6 is 95.6 Å². The van der Waals surface area contributed by atoms with Crippen molar-refractivity contribution in [3.8, 4) is 11.5 Å². The van der Waals surface area contributed by atoms with Gasteiger partial charge in [-0.25, -0.2) is 8.42 Å². The monoisotopic (exact) mass is 918 g/mol. The molecule has 13 heteroatoms. The van der Waals surface area contributed by atoms with E-state index in [9.17, 15) is 8.42 Å². The lowest BCUT2D eigenvalue weighted by Crippen LogP contribution is -2.24. The second kappa shape index (κ2) is 16.9. The van der Waals surface area contributed by atoms with Gasteiger partial charge in [0.1, 0.15) is 36.9 Å². The van der Waals surface area contributed by atoms with Gasteiger partial charge in [-0.05, 0) is 101 Å². The summed E-state index contributed by atoms with van der Waals surface area (Å²) in [5, 5.41) is 1.25. The summed E-state index contributed by atoms with van der Waals surface area (Å²) in [6, 6.07) is 6.12. The Balaban J connectivity index is 2.25. The van der Waals surface area contributed by atoms with Crippen LogP contribution in [0.15, 0.2) is 51.9 Å². The molecule has 0 saturated carbocycles. The van der Waals surface area contributed by atoms with Crippen LogP contribution < -0.4 is 9.47 Å². The number of ether oxygens (including phenoxy) is 4. The van der Waals surface area contributed by atoms with E-state index in [1.54, 1.807) is 0 Å². The first kappa shape index (κ1) is 34.0. The van der Waals surface area contributed by atoms with Gasteiger partial charge in [0.25, 0.3) is 0 Å². The highest BCUT2D eigenvalue weighted by Gasteiger charge is 2.24. The Kier molecular flexibility index (Phi) is 15.5. The molecule has 2 atom stereocenters. The van der Waals surface area contributed by atoms with Crippen molar-refractivity contribution < 1.29 is 27.4 Å². The maximum Gasteiger partial charge on any atom is 0.206 e. The van der Waals surface area contributed by atoms with Crippen LogP contribution in [0.4, 0.5) is 0 Å². The summed E-state index contributed by atoms with van der Waals surface area (Å²) in [5.74, 6) is 1.01. The Bertz CT molecular complexity index is 1000. The quantitative estimate of drug-likeness (QED) is 0.157. The third kappa shape index (κ3) is 9.98. The van der Waals surface area contributed by atoms with Crippen LogP contribution in [0, 0.1) is 0 Å². The summed E-state index contributed by atoms with van der Waals surface area (Å²) in [6.07, 6.45) is 1.57. The fourth-order valence-electron chi connectivity index (χ4n) is 2.99. The van der Waals surface area contributed by atoms with Crippen molar-refractivity contribution in [1.82, 2.24) is 0 Å². The summed E-state index contributed by atoms with van der Waals surface area (Å²) < 4.78 is 52.4. The van der Waals surface area contributed by atoms with Crippen LogP contribution in [0.3, 0.4) is 0 Å². The number of hydrogen-bond donors (Lipinski definition) is 0. The SMILES string of the molecule is CCCOC(CBr)COc1c(Br)cc(S(=O)(=O)c2cc(Br)c(OCC(CBr)OCCC)c(Br)c2)cc1Br. The molecule has 6 nitrogen and oxygen atoms in total. The maximum atomic E-state index is 13.5. The molecule has 0 aromatic heterocycles. The van der Waals surface area contributed by atoms with Crippen LogP contribution in [0.1, 0.15) is 26.7 Å². The Hall–Kier alpha value is 0.790. The van der Waals surface area contributed by atoms with Gasteiger partial charge in [0.2, 0.25) is 9.84 Å². The first-order valence-electron chi connectivity index (χ1n) is 11.4. The predicted octanol–water partition coefficient (Wildman–Crippen LogP) is 8.71. The summed E-state index contributed by atoms with van der Waals surface area (Å²) in [5.41, 5.74) is 0. The van der Waals surface area contributed by atoms with Gasteiger partial charge in [0.15, 0.2) is 0 Å². The van der Waals surface area contributed by atoms with E-state index in [1.165, 1.54) is 24.3 Å². The van der Waals surface area contributed by atoms with Crippen molar-refractivity contribution in [1.29, 1.82) is 0 Å². The van der Waals surface area contributed by atoms with Crippen molar-refractivity contribution in [3.05, 3.63) is 42.2 Å². The molecule has 0 spiro atoms. The normalized spacial score (nSPS) is 13.4. The number of hydrogen-bond acceptors (Lipinski definition) is 6. The highest BCUT2D eigenvalue weighted by Crippen LogP contribution is 2.41. The fraction of sp³-hybridized carbons (Fsp3) is 0.500. The van der Waals surface area contributed by atoms with E-state index in [4.69, 9.17) is 18.9 Å². The molecule has 0 saturated heterocycles. The summed E-state index contributed by atoms with van der Waals surface area (Å²) in [6.45, 7) is 5.99. The highest BCUT2D eigenvalue weighted by molar-refractivity contribution is 9.11. The molecule has 2 unspecified atom stereocenters. The van der Waals surface area contributed by atoms with Gasteiger partial charge >= 0.3 is 0 Å². The molecule has 0 fully saturated rings. The van der Waals surface area contributed by atoms with Crippen LogP contribution in [0.5, 0.6) is 11.5 Å². The number of sulfone groups is 1. The van der Waals surface area contributed by atoms with E-state index in [1.807, 2.05) is 13.8 Å². The van der Waals surface area contributed by atoms with Gasteiger partial charge in [0, 0.05) is 23.9 Å². The Morgan fingerprint density at radius 3 is 1.27 bits per heavy atom. The lowest BCUT2D eigenvalue weighted by molar-refractivity contribution is 0.0360. The van der Waals surface area contributed by atoms with E-state index in [-0.39, 0.29) is 22.0 Å². The highest BCUT2D eigenvalue weighted by atomic mass is 79.9. The van der Waals surface area contributed by atoms with Crippen molar-refractivity contribution in [2.24, 2.45) is 0 Å². The van der Waals surface area contributed by atoms with Crippen LogP contribution in [-0.4, -0.2) is 57.7 Å². The van der Waals surface area contributed by atoms with Gasteiger partial charge in [0.05, 0.1) is 27.7 Å². The maximum absolute atomic E-state index is 13.5. The number of rotatable bonds is 16. The number of benzene rings is 2. The molecule has 208 valence electrons. The zero-order valence-electron chi connectivity index (χ0n) is 20.2. The lowest BCUT2D eigenvalue weighted by Gasteiger charge is -2.19. The molecule has 0 bridgehead atoms. The standard InChI is InChI=1S/C24H28Br6O6S/c1-3-5-33-15(11-25)13-35-23-19(27)7-17(8-20(23)28)37(31,32)18-9-21(29)24(22(30)10-18)36-14-16(12-26)34-6-4-2/h7-10,15-16H,3-6,11-14H2,1-2H3. The topological polar surface area (TPSA) is 71.1 Å². The molecule has 37 heavy (non-hydrogen) atoms. The molecule has 0 radical (unpaired) electrons. The minimum atomic E-state index is -3.85. The molecule has 0 N–H and O–H groups in total. The summed E-state index contributed by atoms with van der Waals surface area (Å²) >= 11 is 20.7. The van der Waals surface area contributed by atoms with Crippen molar-refractivity contribution >= 4 is 105 Å². The number of halogens is 6. The minimum absolute atomic E-state index is 0.109. The van der Waals surface area contributed by atoms with Gasteiger partial charge in [-0.15, -0.1) is 0 Å². The van der Waals surface area contributed by atoms with E-state index in [0.29, 0.717) is 66.5 Å². The Labute approximate surface area is 269 Å². The van der Waals surface area contributed by atoms with Crippen LogP contribution in [0.25, 0.3) is 0 Å². The van der Waals surface area contributed by atoms with Gasteiger partial charge < -0.3 is 18.9 Å². The second-order valence-electron chi connectivity index (χ2n) is 7.85. The first-order chi connectivity index (χ1) is 17.6. The van der Waals surface area contributed by atoms with Crippen molar-refractivity contribution in [3.63, 3.8) is 0 Å². The first-order valence-corrected chi connectivity index (χ1v) is 18.3. The Morgan fingerprint density at radius 2 is 1.00 bits per heavy atom. The molecule has 0 aliphatic heterocycles. The molecular formula is C24H28Br6O6S. The van der Waals surface area contributed by atoms with Crippen LogP contribution in [-0.2, 0) is 19.3 Å². The number of alkyl halides is 2. The molecular weight excluding hydrogens is 896 g/mol. The minimum Gasteiger partial charge on any atom is -0.488 e. The largest absolute Gasteiger partial charge is 0.488 e. The van der Waals surface area contributed by atoms with E-state index < -0.39 is 9.84 Å². The van der Waals surface area contributed by atoms with E-state index in [2.05, 4.69) is 95.6 Å². The molecule has 2 rings (SSSR count). The molecule has 0 heterocycles. The predicted molar refractivity (Wildman–Crippen MR) is 168 cm³/mol. The molecule has 0 aliphatic rings. The molecule has 0 aliphatic carbocycles. The summed E-state index contributed by atoms with van der Waals surface area (Å²) in [4.78, 5) is 0.218. The molecule has 0 amide bonds. The van der Waals surface area contributed by atoms with Gasteiger partial charge in [-0.3, -0.25) is 0 Å². The molecule has 2 aromatic rings. The van der Waals surface area contributed by atoms with Crippen molar-refractivity contribution in [2.75, 3.05) is 37.1 Å². The van der Waals surface area contributed by atoms with Crippen molar-refractivity contribution in [2.45, 2.75) is 48.7 Å². The average molecular weight is 924 g/mol. The molecule has 2 aromatic carbocycles. The van der Waals surface area contributed by atoms with Crippen LogP contribution in [0.2, 0.25) is 0 Å². The third-order valence-electron chi connectivity index (χ3n) is 4.85. The second-order valence-corrected chi connectivity index (χ2v) is 14.5. The smallest absolute Gasteiger partial charge is 0.206 e.